The number of alkyl halides is 3. The van der Waals surface area contributed by atoms with Crippen LogP contribution in [0.25, 0.3) is 11.1 Å². The maximum atomic E-state index is 13.3. The molecule has 9 heteroatoms. The molecule has 2 heterocycles. The van der Waals surface area contributed by atoms with E-state index >= 15 is 0 Å². The largest absolute Gasteiger partial charge is 0.489 e. The molecule has 4 rings (SSSR count). The average Bonchev–Trinajstić information content (AvgIpc) is 2.77. The summed E-state index contributed by atoms with van der Waals surface area (Å²) in [6.07, 6.45) is -3.43. The van der Waals surface area contributed by atoms with Gasteiger partial charge >= 0.3 is 12.1 Å². The number of carboxylic acids is 1. The monoisotopic (exact) mass is 459 g/mol. The van der Waals surface area contributed by atoms with E-state index in [1.807, 2.05) is 0 Å². The summed E-state index contributed by atoms with van der Waals surface area (Å²) in [6, 6.07) is 16.5. The highest BCUT2D eigenvalue weighted by Crippen LogP contribution is 2.36. The minimum Gasteiger partial charge on any atom is -0.489 e. The molecule has 33 heavy (non-hydrogen) atoms. The topological polar surface area (TPSA) is 77.9 Å². The number of benzene rings is 2. The Bertz CT molecular complexity index is 1130. The van der Waals surface area contributed by atoms with Crippen molar-refractivity contribution in [2.75, 3.05) is 19.8 Å². The van der Waals surface area contributed by atoms with E-state index in [9.17, 15) is 18.0 Å². The SMILES string of the molecule is O=C(O)COC1(c2ccc(OCc3cccc(-c4cccnc4C(F)(F)F)c3)cc2)COC1. The summed E-state index contributed by atoms with van der Waals surface area (Å²) in [5.74, 6) is -0.507. The number of carboxylic acid groups (broad SMARTS) is 1. The molecule has 0 atom stereocenters. The van der Waals surface area contributed by atoms with Gasteiger partial charge in [-0.1, -0.05) is 36.4 Å². The van der Waals surface area contributed by atoms with Gasteiger partial charge in [-0.15, -0.1) is 0 Å². The van der Waals surface area contributed by atoms with E-state index in [0.29, 0.717) is 16.9 Å². The standard InChI is InChI=1S/C24H20F3NO5/c25-24(26,27)22-20(5-2-10-28-22)17-4-1-3-16(11-17)12-32-19-8-6-18(7-9-19)23(14-31-15-23)33-13-21(29)30/h1-11H,12-15H2,(H,29,30). The first kappa shape index (κ1) is 22.8. The van der Waals surface area contributed by atoms with E-state index < -0.39 is 30.0 Å². The maximum absolute atomic E-state index is 13.3. The van der Waals surface area contributed by atoms with Gasteiger partial charge in [0.05, 0.1) is 13.2 Å². The molecule has 1 aliphatic heterocycles. The van der Waals surface area contributed by atoms with E-state index in [-0.39, 0.29) is 25.4 Å². The Hall–Kier alpha value is -3.43. The second kappa shape index (κ2) is 9.21. The van der Waals surface area contributed by atoms with Crippen LogP contribution >= 0.6 is 0 Å². The summed E-state index contributed by atoms with van der Waals surface area (Å²) >= 11 is 0. The van der Waals surface area contributed by atoms with E-state index in [4.69, 9.17) is 19.3 Å². The lowest BCUT2D eigenvalue weighted by atomic mass is 9.91. The fourth-order valence-electron chi connectivity index (χ4n) is 3.54. The zero-order chi connectivity index (χ0) is 23.5. The Kier molecular flexibility index (Phi) is 6.35. The van der Waals surface area contributed by atoms with Gasteiger partial charge in [0.25, 0.3) is 0 Å². The molecule has 172 valence electrons. The smallest absolute Gasteiger partial charge is 0.433 e. The zero-order valence-electron chi connectivity index (χ0n) is 17.3. The highest BCUT2D eigenvalue weighted by molar-refractivity contribution is 5.68. The number of hydrogen-bond acceptors (Lipinski definition) is 5. The Labute approximate surface area is 187 Å². The number of aromatic nitrogens is 1. The Morgan fingerprint density at radius 1 is 1.09 bits per heavy atom. The first-order chi connectivity index (χ1) is 15.8. The Balaban J connectivity index is 1.45. The fraction of sp³-hybridized carbons (Fsp3) is 0.250. The third-order valence-electron chi connectivity index (χ3n) is 5.24. The molecule has 0 bridgehead atoms. The number of ether oxygens (including phenoxy) is 3. The van der Waals surface area contributed by atoms with Crippen LogP contribution in [0.4, 0.5) is 13.2 Å². The quantitative estimate of drug-likeness (QED) is 0.528. The van der Waals surface area contributed by atoms with Gasteiger partial charge in [0.15, 0.2) is 5.69 Å². The summed E-state index contributed by atoms with van der Waals surface area (Å²) in [4.78, 5) is 14.3. The van der Waals surface area contributed by atoms with Crippen LogP contribution in [-0.4, -0.2) is 35.9 Å². The molecule has 3 aromatic rings. The normalized spacial score (nSPS) is 15.0. The third kappa shape index (κ3) is 5.15. The average molecular weight is 459 g/mol. The summed E-state index contributed by atoms with van der Waals surface area (Å²) in [7, 11) is 0. The zero-order valence-corrected chi connectivity index (χ0v) is 17.3. The molecule has 1 aliphatic rings. The number of nitrogens with zero attached hydrogens (tertiary/aromatic N) is 1. The molecule has 1 fully saturated rings. The highest BCUT2D eigenvalue weighted by Gasteiger charge is 2.42. The molecule has 0 unspecified atom stereocenters. The summed E-state index contributed by atoms with van der Waals surface area (Å²) in [6.45, 7) is 0.257. The third-order valence-corrected chi connectivity index (χ3v) is 5.24. The molecule has 0 radical (unpaired) electrons. The lowest BCUT2D eigenvalue weighted by molar-refractivity contribution is -0.220. The first-order valence-electron chi connectivity index (χ1n) is 10.1. The van der Waals surface area contributed by atoms with Crippen LogP contribution in [-0.2, 0) is 32.7 Å². The summed E-state index contributed by atoms with van der Waals surface area (Å²) < 4.78 is 56.4. The predicted octanol–water partition coefficient (Wildman–Crippen LogP) is 4.67. The van der Waals surface area contributed by atoms with Crippen molar-refractivity contribution < 1.29 is 37.3 Å². The van der Waals surface area contributed by atoms with Crippen LogP contribution in [0.2, 0.25) is 0 Å². The maximum Gasteiger partial charge on any atom is 0.433 e. The number of carbonyl (C=O) groups is 1. The van der Waals surface area contributed by atoms with Gasteiger partial charge in [-0.2, -0.15) is 13.2 Å². The van der Waals surface area contributed by atoms with Crippen molar-refractivity contribution in [1.82, 2.24) is 4.98 Å². The molecule has 0 saturated carbocycles. The van der Waals surface area contributed by atoms with E-state index in [0.717, 1.165) is 11.8 Å². The van der Waals surface area contributed by atoms with Gasteiger partial charge in [0.1, 0.15) is 24.6 Å². The van der Waals surface area contributed by atoms with Crippen molar-refractivity contribution in [3.8, 4) is 16.9 Å². The number of halogens is 3. The lowest BCUT2D eigenvalue weighted by Gasteiger charge is -2.41. The number of hydrogen-bond donors (Lipinski definition) is 1. The highest BCUT2D eigenvalue weighted by atomic mass is 19.4. The van der Waals surface area contributed by atoms with Crippen LogP contribution in [0.1, 0.15) is 16.8 Å². The molecule has 0 amide bonds. The molecule has 6 nitrogen and oxygen atoms in total. The molecule has 1 N–H and O–H groups in total. The first-order valence-corrected chi connectivity index (χ1v) is 10.1. The van der Waals surface area contributed by atoms with Crippen molar-refractivity contribution in [3.05, 3.63) is 83.7 Å². The van der Waals surface area contributed by atoms with Crippen molar-refractivity contribution in [2.24, 2.45) is 0 Å². The van der Waals surface area contributed by atoms with Crippen molar-refractivity contribution >= 4 is 5.97 Å². The van der Waals surface area contributed by atoms with Crippen molar-refractivity contribution in [1.29, 1.82) is 0 Å². The van der Waals surface area contributed by atoms with Crippen LogP contribution in [0.15, 0.2) is 66.9 Å². The Morgan fingerprint density at radius 3 is 2.48 bits per heavy atom. The number of pyridine rings is 1. The van der Waals surface area contributed by atoms with Crippen molar-refractivity contribution in [2.45, 2.75) is 18.4 Å². The summed E-state index contributed by atoms with van der Waals surface area (Å²) in [5, 5.41) is 8.87. The molecular weight excluding hydrogens is 439 g/mol. The minimum atomic E-state index is -4.55. The van der Waals surface area contributed by atoms with E-state index in [1.165, 1.54) is 12.1 Å². The molecular formula is C24H20F3NO5. The van der Waals surface area contributed by atoms with Gasteiger partial charge in [0, 0.05) is 11.8 Å². The molecule has 1 aromatic heterocycles. The van der Waals surface area contributed by atoms with Gasteiger partial charge in [-0.25, -0.2) is 4.79 Å². The second-order valence-electron chi connectivity index (χ2n) is 7.58. The van der Waals surface area contributed by atoms with Gasteiger partial charge in [-0.05, 0) is 41.0 Å². The molecule has 1 saturated heterocycles. The number of aliphatic carboxylic acids is 1. The summed E-state index contributed by atoms with van der Waals surface area (Å²) in [5.41, 5.74) is 0.158. The number of rotatable bonds is 8. The van der Waals surface area contributed by atoms with Crippen LogP contribution < -0.4 is 4.74 Å². The van der Waals surface area contributed by atoms with E-state index in [2.05, 4.69) is 4.98 Å². The molecule has 0 aliphatic carbocycles. The van der Waals surface area contributed by atoms with Gasteiger partial charge in [0.2, 0.25) is 0 Å². The van der Waals surface area contributed by atoms with Crippen molar-refractivity contribution in [3.63, 3.8) is 0 Å². The van der Waals surface area contributed by atoms with Gasteiger partial charge < -0.3 is 19.3 Å². The second-order valence-corrected chi connectivity index (χ2v) is 7.58. The molecule has 0 spiro atoms. The molecule has 2 aromatic carbocycles. The van der Waals surface area contributed by atoms with E-state index in [1.54, 1.807) is 48.5 Å². The Morgan fingerprint density at radius 2 is 1.85 bits per heavy atom. The lowest BCUT2D eigenvalue weighted by Crippen LogP contribution is -2.49. The van der Waals surface area contributed by atoms with Crippen LogP contribution in [0.3, 0.4) is 0 Å². The van der Waals surface area contributed by atoms with Crippen LogP contribution in [0.5, 0.6) is 5.75 Å². The van der Waals surface area contributed by atoms with Crippen LogP contribution in [0, 0.1) is 0 Å². The minimum absolute atomic E-state index is 0.00517. The fourth-order valence-corrected chi connectivity index (χ4v) is 3.54. The van der Waals surface area contributed by atoms with Gasteiger partial charge in [-0.3, -0.25) is 4.98 Å². The predicted molar refractivity (Wildman–Crippen MR) is 112 cm³/mol.